The number of carboxylic acid groups (broad SMARTS) is 1. The number of rotatable bonds is 71. The van der Waals surface area contributed by atoms with Crippen molar-refractivity contribution in [3.63, 3.8) is 0 Å². The fraction of sp³-hybridized carbons (Fsp3) is 0.893. The fourth-order valence-electron chi connectivity index (χ4n) is 6.69. The van der Waals surface area contributed by atoms with Crippen LogP contribution in [0, 0.1) is 0 Å². The highest BCUT2D eigenvalue weighted by molar-refractivity contribution is 5.78. The number of amides is 5. The number of methoxy groups -OCH3 is 3. The van der Waals surface area contributed by atoms with Crippen molar-refractivity contribution in [1.29, 1.82) is 0 Å². The SMILES string of the molecule is COCCC(=O)NCCOCCOCCOCCOCC(COCCOCCOCCOCCNC(=O)CCOC)(COCCOCCOCCOCCNC(=O)CCOC)NC(=O)CCOCCOCCOCCOCCNC(=O)CCCC(=O)O. The Morgan fingerprint density at radius 1 is 0.264 bits per heavy atom. The summed E-state index contributed by atoms with van der Waals surface area (Å²) >= 11 is 0. The van der Waals surface area contributed by atoms with Crippen LogP contribution in [0.1, 0.15) is 44.9 Å². The third kappa shape index (κ3) is 63.4. The normalized spacial score (nSPS) is 11.5. The Labute approximate surface area is 513 Å². The predicted molar refractivity (Wildman–Crippen MR) is 312 cm³/mol. The number of carbonyl (C=O) groups excluding carboxylic acids is 5. The van der Waals surface area contributed by atoms with Gasteiger partial charge in [0.15, 0.2) is 0 Å². The van der Waals surface area contributed by atoms with Crippen molar-refractivity contribution in [2.75, 3.05) is 279 Å². The Bertz CT molecular complexity index is 1480. The molecule has 87 heavy (non-hydrogen) atoms. The molecule has 0 aliphatic rings. The van der Waals surface area contributed by atoms with Gasteiger partial charge in [-0.1, -0.05) is 0 Å². The number of nitrogens with one attached hydrogen (secondary N) is 5. The largest absolute Gasteiger partial charge is 0.481 e. The average molecular weight is 1270 g/mol. The van der Waals surface area contributed by atoms with Crippen LogP contribution in [-0.2, 0) is 119 Å². The molecule has 0 aromatic carbocycles. The lowest BCUT2D eigenvalue weighted by atomic mass is 10.0. The molecule has 31 nitrogen and oxygen atoms in total. The maximum Gasteiger partial charge on any atom is 0.303 e. The average Bonchev–Trinajstić information content (AvgIpc) is 3.34. The van der Waals surface area contributed by atoms with Crippen molar-refractivity contribution in [3.05, 3.63) is 0 Å². The lowest BCUT2D eigenvalue weighted by Crippen LogP contribution is -2.59. The van der Waals surface area contributed by atoms with Gasteiger partial charge >= 0.3 is 5.97 Å². The van der Waals surface area contributed by atoms with Crippen LogP contribution in [0.3, 0.4) is 0 Å². The molecule has 0 aromatic heterocycles. The Morgan fingerprint density at radius 3 is 0.736 bits per heavy atom. The number of carboxylic acids is 1. The van der Waals surface area contributed by atoms with Crippen molar-refractivity contribution in [2.24, 2.45) is 0 Å². The van der Waals surface area contributed by atoms with Gasteiger partial charge in [0.05, 0.1) is 231 Å². The molecule has 0 bridgehead atoms. The van der Waals surface area contributed by atoms with Crippen LogP contribution < -0.4 is 26.6 Å². The molecule has 0 atom stereocenters. The van der Waals surface area contributed by atoms with Crippen LogP contribution in [0.25, 0.3) is 0 Å². The molecule has 0 saturated heterocycles. The number of hydrogen-bond donors (Lipinski definition) is 6. The van der Waals surface area contributed by atoms with E-state index in [1.165, 1.54) is 0 Å². The van der Waals surface area contributed by atoms with Crippen molar-refractivity contribution in [3.8, 4) is 0 Å². The minimum absolute atomic E-state index is 0.00459. The van der Waals surface area contributed by atoms with Crippen LogP contribution in [0.15, 0.2) is 0 Å². The second kappa shape index (κ2) is 66.5. The van der Waals surface area contributed by atoms with Crippen molar-refractivity contribution in [2.45, 2.75) is 50.5 Å². The lowest BCUT2D eigenvalue weighted by molar-refractivity contribution is -0.137. The molecule has 0 unspecified atom stereocenters. The molecule has 0 heterocycles. The molecule has 0 aromatic rings. The van der Waals surface area contributed by atoms with Crippen molar-refractivity contribution >= 4 is 35.5 Å². The van der Waals surface area contributed by atoms with Crippen LogP contribution in [0.2, 0.25) is 0 Å². The molecule has 5 amide bonds. The van der Waals surface area contributed by atoms with Gasteiger partial charge in [-0.3, -0.25) is 28.8 Å². The molecule has 512 valence electrons. The van der Waals surface area contributed by atoms with Gasteiger partial charge in [-0.05, 0) is 6.42 Å². The summed E-state index contributed by atoms with van der Waals surface area (Å²) in [5.41, 5.74) is -1.16. The van der Waals surface area contributed by atoms with Gasteiger partial charge in [0.2, 0.25) is 29.5 Å². The van der Waals surface area contributed by atoms with Gasteiger partial charge in [-0.15, -0.1) is 0 Å². The zero-order chi connectivity index (χ0) is 63.5. The zero-order valence-electron chi connectivity index (χ0n) is 52.2. The maximum absolute atomic E-state index is 13.6. The highest BCUT2D eigenvalue weighted by atomic mass is 16.6. The Kier molecular flexibility index (Phi) is 63.5. The van der Waals surface area contributed by atoms with E-state index in [1.54, 1.807) is 21.3 Å². The lowest BCUT2D eigenvalue weighted by Gasteiger charge is -2.34. The Balaban J connectivity index is 5.17. The minimum atomic E-state index is -1.16. The fourth-order valence-corrected chi connectivity index (χ4v) is 6.69. The number of carbonyl (C=O) groups is 6. The number of hydrogen-bond acceptors (Lipinski definition) is 25. The summed E-state index contributed by atoms with van der Waals surface area (Å²) in [6.07, 6.45) is 1.27. The Morgan fingerprint density at radius 2 is 0.483 bits per heavy atom. The van der Waals surface area contributed by atoms with E-state index in [0.717, 1.165) is 0 Å². The van der Waals surface area contributed by atoms with Gasteiger partial charge in [-0.2, -0.15) is 0 Å². The molecule has 0 spiro atoms. The van der Waals surface area contributed by atoms with Gasteiger partial charge in [0, 0.05) is 86.0 Å². The second-order valence-corrected chi connectivity index (χ2v) is 18.6. The van der Waals surface area contributed by atoms with Gasteiger partial charge in [-0.25, -0.2) is 0 Å². The predicted octanol–water partition coefficient (Wildman–Crippen LogP) is -1.67. The molecular weight excluding hydrogens is 1160 g/mol. The van der Waals surface area contributed by atoms with Crippen LogP contribution >= 0.6 is 0 Å². The standard InChI is InChI=1S/C56H107N5O26/c1-69-15-7-51(63)58-12-20-74-25-30-79-35-38-82-41-44-85-47-56(48-86-45-42-83-39-36-80-31-26-75-21-13-59-52(64)8-16-70-2,49-87-46-43-84-40-37-81-32-27-76-22-14-60-53(65)9-17-71-3)61-54(66)10-18-72-23-28-77-33-34-78-29-24-73-19-11-57-50(62)5-4-6-55(67)68/h4-49H2,1-3H3,(H,57,62)(H,58,63)(H,59,64)(H,60,65)(H,61,66)(H,67,68). The second-order valence-electron chi connectivity index (χ2n) is 18.6. The third-order valence-electron chi connectivity index (χ3n) is 11.1. The van der Waals surface area contributed by atoms with E-state index >= 15 is 0 Å². The highest BCUT2D eigenvalue weighted by Gasteiger charge is 2.34. The summed E-state index contributed by atoms with van der Waals surface area (Å²) in [4.78, 5) is 70.9. The first-order valence-corrected chi connectivity index (χ1v) is 29.9. The quantitative estimate of drug-likeness (QED) is 0.0371. The Hall–Kier alpha value is -3.94. The highest BCUT2D eigenvalue weighted by Crippen LogP contribution is 2.11. The minimum Gasteiger partial charge on any atom is -0.481 e. The van der Waals surface area contributed by atoms with E-state index in [-0.39, 0.29) is 135 Å². The molecule has 31 heteroatoms. The van der Waals surface area contributed by atoms with Crippen LogP contribution in [-0.4, -0.2) is 325 Å². The molecule has 0 aliphatic heterocycles. The molecule has 0 rings (SSSR count). The van der Waals surface area contributed by atoms with E-state index < -0.39 is 11.5 Å². The summed E-state index contributed by atoms with van der Waals surface area (Å²) in [6.45, 7) is 11.1. The maximum atomic E-state index is 13.6. The van der Waals surface area contributed by atoms with E-state index in [9.17, 15) is 28.8 Å². The van der Waals surface area contributed by atoms with E-state index in [1.807, 2.05) is 0 Å². The van der Waals surface area contributed by atoms with Crippen molar-refractivity contribution < 1.29 is 124 Å². The molecular formula is C56H107N5O26. The monoisotopic (exact) mass is 1270 g/mol. The van der Waals surface area contributed by atoms with E-state index in [2.05, 4.69) is 26.6 Å². The molecule has 0 radical (unpaired) electrons. The van der Waals surface area contributed by atoms with Gasteiger partial charge in [0.1, 0.15) is 5.54 Å². The summed E-state index contributed by atoms with van der Waals surface area (Å²) < 4.78 is 106. The summed E-state index contributed by atoms with van der Waals surface area (Å²) in [5, 5.41) is 22.7. The van der Waals surface area contributed by atoms with Crippen LogP contribution in [0.5, 0.6) is 0 Å². The zero-order valence-corrected chi connectivity index (χ0v) is 52.2. The van der Waals surface area contributed by atoms with E-state index in [0.29, 0.717) is 197 Å². The van der Waals surface area contributed by atoms with E-state index in [4.69, 9.17) is 95.1 Å². The van der Waals surface area contributed by atoms with Crippen LogP contribution in [0.4, 0.5) is 0 Å². The summed E-state index contributed by atoms with van der Waals surface area (Å²) in [7, 11) is 4.62. The van der Waals surface area contributed by atoms with Crippen molar-refractivity contribution in [1.82, 2.24) is 26.6 Å². The summed E-state index contributed by atoms with van der Waals surface area (Å²) in [5.74, 6) is -1.80. The first-order chi connectivity index (χ1) is 42.6. The first kappa shape index (κ1) is 83.1. The topological polar surface area (TPSA) is 358 Å². The molecule has 0 fully saturated rings. The number of aliphatic carboxylic acids is 1. The third-order valence-corrected chi connectivity index (χ3v) is 11.1. The van der Waals surface area contributed by atoms with Gasteiger partial charge < -0.3 is 122 Å². The molecule has 0 aliphatic carbocycles. The smallest absolute Gasteiger partial charge is 0.303 e. The number of ether oxygens (including phenoxy) is 19. The first-order valence-electron chi connectivity index (χ1n) is 29.9. The molecule has 6 N–H and O–H groups in total. The molecule has 0 saturated carbocycles. The van der Waals surface area contributed by atoms with Gasteiger partial charge in [0.25, 0.3) is 0 Å². The summed E-state index contributed by atoms with van der Waals surface area (Å²) in [6, 6.07) is 0.